The van der Waals surface area contributed by atoms with E-state index in [-0.39, 0.29) is 12.3 Å². The number of carbonyl (C=O) groups is 2. The van der Waals surface area contributed by atoms with Gasteiger partial charge in [-0.1, -0.05) is 0 Å². The van der Waals surface area contributed by atoms with E-state index < -0.39 is 5.91 Å². The topological polar surface area (TPSA) is 94.3 Å². The Kier molecular flexibility index (Phi) is 5.28. The average Bonchev–Trinajstić information content (AvgIpc) is 3.10. The Morgan fingerprint density at radius 3 is 2.42 bits per heavy atom. The summed E-state index contributed by atoms with van der Waals surface area (Å²) in [5.74, 6) is 0.104. The minimum atomic E-state index is -0.503. The number of methoxy groups -OCH3 is 1. The molecule has 7 heteroatoms. The maximum Gasteiger partial charge on any atom is 0.248 e. The summed E-state index contributed by atoms with van der Waals surface area (Å²) < 4.78 is 5.14. The molecule has 0 spiro atoms. The van der Waals surface area contributed by atoms with Crippen LogP contribution in [0.3, 0.4) is 0 Å². The smallest absolute Gasteiger partial charge is 0.248 e. The molecule has 0 aliphatic heterocycles. The molecular weight excluding hydrogens is 350 g/mol. The molecule has 0 aliphatic carbocycles. The van der Waals surface area contributed by atoms with Gasteiger partial charge >= 0.3 is 0 Å². The molecule has 3 aromatic rings. The van der Waals surface area contributed by atoms with Crippen LogP contribution in [-0.4, -0.2) is 23.9 Å². The molecule has 1 heterocycles. The third-order valence-corrected chi connectivity index (χ3v) is 4.62. The predicted molar refractivity (Wildman–Crippen MR) is 101 cm³/mol. The van der Waals surface area contributed by atoms with Gasteiger partial charge in [-0.3, -0.25) is 9.59 Å². The molecule has 3 N–H and O–H groups in total. The van der Waals surface area contributed by atoms with Crippen LogP contribution in [0, 0.1) is 0 Å². The quantitative estimate of drug-likeness (QED) is 0.700. The zero-order valence-electron chi connectivity index (χ0n) is 14.1. The molecule has 26 heavy (non-hydrogen) atoms. The van der Waals surface area contributed by atoms with Gasteiger partial charge in [-0.15, -0.1) is 11.3 Å². The van der Waals surface area contributed by atoms with Crippen LogP contribution in [0.5, 0.6) is 5.75 Å². The van der Waals surface area contributed by atoms with E-state index in [4.69, 9.17) is 10.5 Å². The second-order valence-corrected chi connectivity index (χ2v) is 6.40. The Balaban J connectivity index is 1.62. The van der Waals surface area contributed by atoms with Gasteiger partial charge < -0.3 is 15.8 Å². The lowest BCUT2D eigenvalue weighted by Gasteiger charge is -2.04. The largest absolute Gasteiger partial charge is 0.497 e. The summed E-state index contributed by atoms with van der Waals surface area (Å²) in [6.45, 7) is 0. The second-order valence-electron chi connectivity index (χ2n) is 5.54. The van der Waals surface area contributed by atoms with Crippen molar-refractivity contribution in [2.24, 2.45) is 5.73 Å². The number of carbonyl (C=O) groups excluding carboxylic acids is 2. The van der Waals surface area contributed by atoms with Gasteiger partial charge in [0.1, 0.15) is 10.8 Å². The van der Waals surface area contributed by atoms with E-state index in [2.05, 4.69) is 10.3 Å². The van der Waals surface area contributed by atoms with Crippen LogP contribution >= 0.6 is 11.3 Å². The first-order valence-electron chi connectivity index (χ1n) is 7.83. The zero-order valence-corrected chi connectivity index (χ0v) is 14.9. The van der Waals surface area contributed by atoms with Gasteiger partial charge in [0.2, 0.25) is 11.8 Å². The van der Waals surface area contributed by atoms with Crippen molar-refractivity contribution in [3.05, 3.63) is 65.2 Å². The lowest BCUT2D eigenvalue weighted by Crippen LogP contribution is -2.15. The van der Waals surface area contributed by atoms with Crippen molar-refractivity contribution in [2.75, 3.05) is 12.4 Å². The summed E-state index contributed by atoms with van der Waals surface area (Å²) in [6, 6.07) is 14.0. The zero-order chi connectivity index (χ0) is 18.5. The number of thiazole rings is 1. The molecule has 0 unspecified atom stereocenters. The van der Waals surface area contributed by atoms with Crippen molar-refractivity contribution in [1.82, 2.24) is 4.98 Å². The van der Waals surface area contributed by atoms with Crippen molar-refractivity contribution in [3.8, 4) is 16.3 Å². The number of hydrogen-bond donors (Lipinski definition) is 2. The number of nitrogens with two attached hydrogens (primary N) is 1. The van der Waals surface area contributed by atoms with Crippen LogP contribution in [0.2, 0.25) is 0 Å². The van der Waals surface area contributed by atoms with E-state index in [0.29, 0.717) is 16.9 Å². The van der Waals surface area contributed by atoms with Crippen molar-refractivity contribution in [2.45, 2.75) is 6.42 Å². The molecule has 0 saturated heterocycles. The summed E-state index contributed by atoms with van der Waals surface area (Å²) in [4.78, 5) is 27.7. The van der Waals surface area contributed by atoms with Gasteiger partial charge in [0.15, 0.2) is 0 Å². The number of aromatic nitrogens is 1. The van der Waals surface area contributed by atoms with E-state index in [1.807, 2.05) is 29.6 Å². The Hall–Kier alpha value is -3.19. The highest BCUT2D eigenvalue weighted by Crippen LogP contribution is 2.26. The lowest BCUT2D eigenvalue weighted by molar-refractivity contribution is -0.115. The van der Waals surface area contributed by atoms with Crippen molar-refractivity contribution >= 4 is 28.8 Å². The minimum absolute atomic E-state index is 0.171. The molecule has 3 rings (SSSR count). The van der Waals surface area contributed by atoms with Gasteiger partial charge in [0.25, 0.3) is 0 Å². The average molecular weight is 367 g/mol. The van der Waals surface area contributed by atoms with Crippen LogP contribution in [0.15, 0.2) is 53.9 Å². The van der Waals surface area contributed by atoms with Crippen LogP contribution < -0.4 is 15.8 Å². The number of primary amides is 1. The van der Waals surface area contributed by atoms with Crippen LogP contribution in [0.25, 0.3) is 10.6 Å². The molecule has 6 nitrogen and oxygen atoms in total. The van der Waals surface area contributed by atoms with Crippen LogP contribution in [0.1, 0.15) is 16.1 Å². The summed E-state index contributed by atoms with van der Waals surface area (Å²) in [7, 11) is 1.62. The standard InChI is InChI=1S/C19H17N3O3S/c1-25-16-8-4-13(5-9-16)19-22-15(11-26-19)10-17(23)21-14-6-2-12(3-7-14)18(20)24/h2-9,11H,10H2,1H3,(H2,20,24)(H,21,23). The van der Waals surface area contributed by atoms with E-state index in [1.165, 1.54) is 11.3 Å². The lowest BCUT2D eigenvalue weighted by atomic mass is 10.2. The Morgan fingerprint density at radius 2 is 1.81 bits per heavy atom. The highest BCUT2D eigenvalue weighted by atomic mass is 32.1. The molecule has 0 saturated carbocycles. The number of amides is 2. The monoisotopic (exact) mass is 367 g/mol. The van der Waals surface area contributed by atoms with Gasteiger partial charge in [0, 0.05) is 22.2 Å². The first-order chi connectivity index (χ1) is 12.5. The van der Waals surface area contributed by atoms with E-state index in [9.17, 15) is 9.59 Å². The SMILES string of the molecule is COc1ccc(-c2nc(CC(=O)Nc3ccc(C(N)=O)cc3)cs2)cc1. The molecule has 132 valence electrons. The summed E-state index contributed by atoms with van der Waals surface area (Å²) in [6.07, 6.45) is 0.171. The highest BCUT2D eigenvalue weighted by molar-refractivity contribution is 7.13. The van der Waals surface area contributed by atoms with E-state index >= 15 is 0 Å². The summed E-state index contributed by atoms with van der Waals surface area (Å²) in [5.41, 5.74) is 7.87. The molecule has 0 bridgehead atoms. The number of nitrogens with one attached hydrogen (secondary N) is 1. The predicted octanol–water partition coefficient (Wildman–Crippen LogP) is 3.10. The fourth-order valence-corrected chi connectivity index (χ4v) is 3.17. The Bertz CT molecular complexity index is 918. The number of rotatable bonds is 6. The van der Waals surface area contributed by atoms with Crippen LogP contribution in [-0.2, 0) is 11.2 Å². The van der Waals surface area contributed by atoms with E-state index in [0.717, 1.165) is 16.3 Å². The van der Waals surface area contributed by atoms with Crippen molar-refractivity contribution in [3.63, 3.8) is 0 Å². The highest BCUT2D eigenvalue weighted by Gasteiger charge is 2.10. The van der Waals surface area contributed by atoms with Crippen molar-refractivity contribution < 1.29 is 14.3 Å². The summed E-state index contributed by atoms with van der Waals surface area (Å²) >= 11 is 1.49. The van der Waals surface area contributed by atoms with Crippen LogP contribution in [0.4, 0.5) is 5.69 Å². The Morgan fingerprint density at radius 1 is 1.12 bits per heavy atom. The molecule has 0 fully saturated rings. The molecule has 0 atom stereocenters. The first-order valence-corrected chi connectivity index (χ1v) is 8.71. The number of hydrogen-bond acceptors (Lipinski definition) is 5. The maximum atomic E-state index is 12.2. The van der Waals surface area contributed by atoms with Gasteiger partial charge in [-0.25, -0.2) is 4.98 Å². The number of ether oxygens (including phenoxy) is 1. The minimum Gasteiger partial charge on any atom is -0.497 e. The number of benzene rings is 2. The molecule has 1 aromatic heterocycles. The van der Waals surface area contributed by atoms with Gasteiger partial charge in [-0.2, -0.15) is 0 Å². The maximum absolute atomic E-state index is 12.2. The number of anilines is 1. The molecule has 2 amide bonds. The van der Waals surface area contributed by atoms with Crippen molar-refractivity contribution in [1.29, 1.82) is 0 Å². The van der Waals surface area contributed by atoms with Gasteiger partial charge in [-0.05, 0) is 48.5 Å². The fraction of sp³-hybridized carbons (Fsp3) is 0.105. The third kappa shape index (κ3) is 4.25. The molecular formula is C19H17N3O3S. The molecule has 0 radical (unpaired) electrons. The second kappa shape index (κ2) is 7.79. The van der Waals surface area contributed by atoms with Gasteiger partial charge in [0.05, 0.1) is 19.2 Å². The fourth-order valence-electron chi connectivity index (χ4n) is 2.34. The third-order valence-electron chi connectivity index (χ3n) is 3.68. The van der Waals surface area contributed by atoms with E-state index in [1.54, 1.807) is 31.4 Å². The molecule has 0 aliphatic rings. The number of nitrogens with zero attached hydrogens (tertiary/aromatic N) is 1. The first kappa shape index (κ1) is 17.6. The molecule has 2 aromatic carbocycles. The summed E-state index contributed by atoms with van der Waals surface area (Å²) in [5, 5.41) is 5.50. The Labute approximate surface area is 154 Å². The normalized spacial score (nSPS) is 10.3.